The molecule has 0 aliphatic carbocycles. The van der Waals surface area contributed by atoms with Gasteiger partial charge in [0.2, 0.25) is 5.91 Å². The molecule has 2 N–H and O–H groups in total. The Balaban J connectivity index is 1.98. The highest BCUT2D eigenvalue weighted by Crippen LogP contribution is 2.18. The Morgan fingerprint density at radius 3 is 2.52 bits per heavy atom. The molecule has 0 saturated heterocycles. The van der Waals surface area contributed by atoms with Crippen LogP contribution in [0, 0.1) is 11.6 Å². The fourth-order valence-corrected chi connectivity index (χ4v) is 1.96. The third-order valence-corrected chi connectivity index (χ3v) is 3.13. The van der Waals surface area contributed by atoms with Crippen LogP contribution in [0.2, 0.25) is 0 Å². The van der Waals surface area contributed by atoms with Gasteiger partial charge in [0.05, 0.1) is 12.3 Å². The van der Waals surface area contributed by atoms with E-state index in [0.717, 1.165) is 29.6 Å². The molecule has 0 fully saturated rings. The number of ether oxygens (including phenoxy) is 1. The molecule has 2 rings (SSSR count). The fraction of sp³-hybridized carbons (Fsp3) is 0.235. The Morgan fingerprint density at radius 2 is 1.87 bits per heavy atom. The topological polar surface area (TPSA) is 50.4 Å². The average molecular weight is 320 g/mol. The zero-order chi connectivity index (χ0) is 16.8. The number of carbonyl (C=O) groups excluding carboxylic acids is 1. The van der Waals surface area contributed by atoms with Gasteiger partial charge in [-0.05, 0) is 50.2 Å². The third kappa shape index (κ3) is 4.67. The largest absolute Gasteiger partial charge is 0.494 e. The molecular weight excluding hydrogens is 302 g/mol. The molecule has 0 bridgehead atoms. The number of anilines is 2. The van der Waals surface area contributed by atoms with Crippen LogP contribution in [0.1, 0.15) is 13.8 Å². The van der Waals surface area contributed by atoms with E-state index in [-0.39, 0.29) is 5.69 Å². The smallest absolute Gasteiger partial charge is 0.246 e. The van der Waals surface area contributed by atoms with Crippen molar-refractivity contribution in [1.82, 2.24) is 0 Å². The molecule has 0 heterocycles. The predicted molar refractivity (Wildman–Crippen MR) is 85.7 cm³/mol. The van der Waals surface area contributed by atoms with Crippen LogP contribution in [0.4, 0.5) is 20.2 Å². The normalized spacial score (nSPS) is 11.7. The number of halogens is 2. The Labute approximate surface area is 133 Å². The molecule has 0 aliphatic rings. The van der Waals surface area contributed by atoms with Gasteiger partial charge in [-0.1, -0.05) is 0 Å². The van der Waals surface area contributed by atoms with Crippen LogP contribution in [0.25, 0.3) is 0 Å². The lowest BCUT2D eigenvalue weighted by atomic mass is 10.2. The minimum Gasteiger partial charge on any atom is -0.494 e. The van der Waals surface area contributed by atoms with Gasteiger partial charge in [-0.15, -0.1) is 0 Å². The summed E-state index contributed by atoms with van der Waals surface area (Å²) >= 11 is 0. The first kappa shape index (κ1) is 16.7. The number of carbonyl (C=O) groups is 1. The monoisotopic (exact) mass is 320 g/mol. The van der Waals surface area contributed by atoms with Crippen LogP contribution in [0.15, 0.2) is 42.5 Å². The molecule has 0 saturated carbocycles. The Morgan fingerprint density at radius 1 is 1.17 bits per heavy atom. The van der Waals surface area contributed by atoms with Gasteiger partial charge in [-0.3, -0.25) is 4.79 Å². The lowest BCUT2D eigenvalue weighted by Gasteiger charge is -2.16. The molecule has 1 atom stereocenters. The lowest BCUT2D eigenvalue weighted by Crippen LogP contribution is -2.32. The maximum absolute atomic E-state index is 13.5. The number of amides is 1. The fourth-order valence-electron chi connectivity index (χ4n) is 1.96. The van der Waals surface area contributed by atoms with E-state index in [1.54, 1.807) is 31.2 Å². The van der Waals surface area contributed by atoms with Crippen molar-refractivity contribution < 1.29 is 18.3 Å². The van der Waals surface area contributed by atoms with Gasteiger partial charge < -0.3 is 15.4 Å². The van der Waals surface area contributed by atoms with Crippen LogP contribution in [-0.4, -0.2) is 18.6 Å². The SMILES string of the molecule is CCOc1ccc(NC(C)C(=O)Nc2cc(F)ccc2F)cc1. The summed E-state index contributed by atoms with van der Waals surface area (Å²) in [5.74, 6) is -1.04. The van der Waals surface area contributed by atoms with Gasteiger partial charge in [0, 0.05) is 11.8 Å². The second-order valence-electron chi connectivity index (χ2n) is 4.94. The van der Waals surface area contributed by atoms with Crippen molar-refractivity contribution in [3.8, 4) is 5.75 Å². The van der Waals surface area contributed by atoms with Gasteiger partial charge in [0.1, 0.15) is 23.4 Å². The molecular formula is C17H18F2N2O2. The number of benzene rings is 2. The Hall–Kier alpha value is -2.63. The third-order valence-electron chi connectivity index (χ3n) is 3.13. The van der Waals surface area contributed by atoms with Gasteiger partial charge in [0.15, 0.2) is 0 Å². The first-order valence-electron chi connectivity index (χ1n) is 7.25. The van der Waals surface area contributed by atoms with Gasteiger partial charge >= 0.3 is 0 Å². The summed E-state index contributed by atoms with van der Waals surface area (Å²) in [5, 5.41) is 5.34. The van der Waals surface area contributed by atoms with E-state index >= 15 is 0 Å². The molecule has 6 heteroatoms. The molecule has 0 aliphatic heterocycles. The molecule has 1 unspecified atom stereocenters. The molecule has 0 radical (unpaired) electrons. The first-order chi connectivity index (χ1) is 11.0. The highest BCUT2D eigenvalue weighted by Gasteiger charge is 2.15. The summed E-state index contributed by atoms with van der Waals surface area (Å²) in [4.78, 5) is 12.1. The van der Waals surface area contributed by atoms with E-state index in [1.165, 1.54) is 0 Å². The number of nitrogens with one attached hydrogen (secondary N) is 2. The summed E-state index contributed by atoms with van der Waals surface area (Å²) in [6, 6.07) is 9.38. The van der Waals surface area contributed by atoms with E-state index in [2.05, 4.69) is 10.6 Å². The lowest BCUT2D eigenvalue weighted by molar-refractivity contribution is -0.116. The number of hydrogen-bond acceptors (Lipinski definition) is 3. The van der Waals surface area contributed by atoms with Crippen LogP contribution >= 0.6 is 0 Å². The molecule has 1 amide bonds. The summed E-state index contributed by atoms with van der Waals surface area (Å²) < 4.78 is 32.0. The van der Waals surface area contributed by atoms with Gasteiger partial charge in [0.25, 0.3) is 0 Å². The molecule has 4 nitrogen and oxygen atoms in total. The van der Waals surface area contributed by atoms with Crippen molar-refractivity contribution >= 4 is 17.3 Å². The summed E-state index contributed by atoms with van der Waals surface area (Å²) in [5.41, 5.74) is 0.533. The van der Waals surface area contributed by atoms with E-state index in [9.17, 15) is 13.6 Å². The van der Waals surface area contributed by atoms with E-state index < -0.39 is 23.6 Å². The average Bonchev–Trinajstić information content (AvgIpc) is 2.53. The van der Waals surface area contributed by atoms with Crippen molar-refractivity contribution in [3.63, 3.8) is 0 Å². The number of hydrogen-bond donors (Lipinski definition) is 2. The minimum absolute atomic E-state index is 0.185. The molecule has 122 valence electrons. The molecule has 0 aromatic heterocycles. The van der Waals surface area contributed by atoms with Crippen LogP contribution in [-0.2, 0) is 4.79 Å². The predicted octanol–water partition coefficient (Wildman–Crippen LogP) is 3.80. The standard InChI is InChI=1S/C17H18F2N2O2/c1-3-23-14-7-5-13(6-8-14)20-11(2)17(22)21-16-10-12(18)4-9-15(16)19/h4-11,20H,3H2,1-2H3,(H,21,22). The van der Waals surface area contributed by atoms with E-state index in [4.69, 9.17) is 4.74 Å². The number of rotatable bonds is 6. The van der Waals surface area contributed by atoms with Crippen LogP contribution in [0.5, 0.6) is 5.75 Å². The second kappa shape index (κ2) is 7.58. The van der Waals surface area contributed by atoms with Crippen molar-refractivity contribution in [2.75, 3.05) is 17.2 Å². The zero-order valence-electron chi connectivity index (χ0n) is 12.9. The van der Waals surface area contributed by atoms with Gasteiger partial charge in [-0.25, -0.2) is 8.78 Å². The maximum atomic E-state index is 13.5. The van der Waals surface area contributed by atoms with Gasteiger partial charge in [-0.2, -0.15) is 0 Å². The molecule has 23 heavy (non-hydrogen) atoms. The second-order valence-corrected chi connectivity index (χ2v) is 4.94. The molecule has 2 aromatic carbocycles. The van der Waals surface area contributed by atoms with Crippen molar-refractivity contribution in [1.29, 1.82) is 0 Å². The van der Waals surface area contributed by atoms with E-state index in [1.807, 2.05) is 6.92 Å². The Bertz CT molecular complexity index is 675. The first-order valence-corrected chi connectivity index (χ1v) is 7.25. The van der Waals surface area contributed by atoms with Crippen LogP contribution in [0.3, 0.4) is 0 Å². The summed E-state index contributed by atoms with van der Waals surface area (Å²) in [6.07, 6.45) is 0. The summed E-state index contributed by atoms with van der Waals surface area (Å²) in [6.45, 7) is 4.10. The minimum atomic E-state index is -0.687. The van der Waals surface area contributed by atoms with Crippen molar-refractivity contribution in [2.45, 2.75) is 19.9 Å². The zero-order valence-corrected chi connectivity index (χ0v) is 12.9. The summed E-state index contributed by atoms with van der Waals surface area (Å²) in [7, 11) is 0. The van der Waals surface area contributed by atoms with Crippen molar-refractivity contribution in [2.24, 2.45) is 0 Å². The maximum Gasteiger partial charge on any atom is 0.246 e. The van der Waals surface area contributed by atoms with Crippen LogP contribution < -0.4 is 15.4 Å². The quantitative estimate of drug-likeness (QED) is 0.851. The highest BCUT2D eigenvalue weighted by molar-refractivity contribution is 5.96. The molecule has 2 aromatic rings. The highest BCUT2D eigenvalue weighted by atomic mass is 19.1. The van der Waals surface area contributed by atoms with E-state index in [0.29, 0.717) is 6.61 Å². The molecule has 0 spiro atoms. The van der Waals surface area contributed by atoms with Crippen molar-refractivity contribution in [3.05, 3.63) is 54.1 Å². The Kier molecular flexibility index (Phi) is 5.51.